The molecule has 2 heteroatoms. The van der Waals surface area contributed by atoms with Crippen molar-refractivity contribution in [1.82, 2.24) is 0 Å². The minimum atomic E-state index is 0.937. The van der Waals surface area contributed by atoms with E-state index in [1.54, 1.807) is 0 Å². The molecule has 0 aliphatic carbocycles. The van der Waals surface area contributed by atoms with Crippen molar-refractivity contribution in [3.63, 3.8) is 0 Å². The Morgan fingerprint density at radius 3 is 2.04 bits per heavy atom. The number of nitrogens with zero attached hydrogens (tertiary/aromatic N) is 2. The van der Waals surface area contributed by atoms with Gasteiger partial charge in [-0.15, -0.1) is 0 Å². The van der Waals surface area contributed by atoms with Gasteiger partial charge in [0.05, 0.1) is 22.8 Å². The van der Waals surface area contributed by atoms with Crippen molar-refractivity contribution >= 4 is 77.1 Å². The molecule has 2 aliphatic rings. The summed E-state index contributed by atoms with van der Waals surface area (Å²) in [6.07, 6.45) is 4.31. The fourth-order valence-electron chi connectivity index (χ4n) is 8.84. The van der Waals surface area contributed by atoms with E-state index in [1.165, 1.54) is 82.3 Å². The van der Waals surface area contributed by atoms with Crippen LogP contribution >= 0.6 is 0 Å². The largest absolute Gasteiger partial charge is 0.309 e. The molecule has 0 N–H and O–H groups in total. The number of allylic oxidation sites excluding steroid dienone is 2. The summed E-state index contributed by atoms with van der Waals surface area (Å²) in [4.78, 5) is 7.97. The van der Waals surface area contributed by atoms with Crippen molar-refractivity contribution in [1.29, 1.82) is 0 Å². The van der Waals surface area contributed by atoms with Crippen LogP contribution in [0, 0.1) is 0 Å². The first-order valence-electron chi connectivity index (χ1n) is 18.5. The predicted octanol–water partition coefficient (Wildman–Crippen LogP) is 13.9. The van der Waals surface area contributed by atoms with Crippen LogP contribution in [0.2, 0.25) is 0 Å². The maximum atomic E-state index is 5.52. The topological polar surface area (TPSA) is 15.6 Å². The molecule has 2 nitrogen and oxygen atoms in total. The first kappa shape index (κ1) is 29.9. The Hall–Kier alpha value is -6.77. The van der Waals surface area contributed by atoms with E-state index >= 15 is 0 Å². The van der Waals surface area contributed by atoms with Crippen LogP contribution in [0.3, 0.4) is 0 Å². The molecule has 248 valence electrons. The van der Waals surface area contributed by atoms with E-state index in [1.807, 2.05) is 0 Å². The molecule has 0 bridgehead atoms. The van der Waals surface area contributed by atoms with Gasteiger partial charge in [0.1, 0.15) is 0 Å². The Balaban J connectivity index is 1.11. The van der Waals surface area contributed by atoms with Crippen LogP contribution < -0.4 is 4.90 Å². The van der Waals surface area contributed by atoms with Crippen molar-refractivity contribution in [3.8, 4) is 11.1 Å². The normalized spacial score (nSPS) is 13.7. The number of aliphatic imine (C=N–C) groups is 1. The average molecular weight is 675 g/mol. The molecular formula is C51H34N2. The van der Waals surface area contributed by atoms with Gasteiger partial charge in [-0.2, -0.15) is 0 Å². The van der Waals surface area contributed by atoms with Gasteiger partial charge >= 0.3 is 0 Å². The van der Waals surface area contributed by atoms with Gasteiger partial charge in [0, 0.05) is 27.8 Å². The molecule has 2 heterocycles. The summed E-state index contributed by atoms with van der Waals surface area (Å²) in [6.45, 7) is 0. The molecule has 0 radical (unpaired) electrons. The monoisotopic (exact) mass is 674 g/mol. The molecule has 0 amide bonds. The molecule has 9 aromatic carbocycles. The van der Waals surface area contributed by atoms with Crippen LogP contribution in [-0.2, 0) is 6.42 Å². The van der Waals surface area contributed by atoms with E-state index in [2.05, 4.69) is 187 Å². The molecule has 0 aromatic heterocycles. The lowest BCUT2D eigenvalue weighted by atomic mass is 9.87. The quantitative estimate of drug-likeness (QED) is 0.170. The minimum absolute atomic E-state index is 0.937. The van der Waals surface area contributed by atoms with Crippen LogP contribution in [-0.4, -0.2) is 5.71 Å². The van der Waals surface area contributed by atoms with Crippen LogP contribution in [0.1, 0.15) is 23.1 Å². The lowest BCUT2D eigenvalue weighted by Crippen LogP contribution is -2.15. The number of benzene rings is 9. The van der Waals surface area contributed by atoms with Crippen LogP contribution in [0.15, 0.2) is 187 Å². The zero-order chi connectivity index (χ0) is 34.9. The zero-order valence-electron chi connectivity index (χ0n) is 29.1. The Morgan fingerprint density at radius 2 is 1.17 bits per heavy atom. The highest BCUT2D eigenvalue weighted by Crippen LogP contribution is 2.53. The molecule has 0 fully saturated rings. The number of hydrogen-bond acceptors (Lipinski definition) is 2. The first-order valence-corrected chi connectivity index (χ1v) is 18.5. The van der Waals surface area contributed by atoms with E-state index < -0.39 is 0 Å². The number of hydrogen-bond donors (Lipinski definition) is 0. The second-order valence-electron chi connectivity index (χ2n) is 14.2. The molecule has 11 rings (SSSR count). The Morgan fingerprint density at radius 1 is 0.472 bits per heavy atom. The van der Waals surface area contributed by atoms with Crippen LogP contribution in [0.25, 0.3) is 59.8 Å². The third-order valence-electron chi connectivity index (χ3n) is 11.2. The molecular weight excluding hydrogens is 641 g/mol. The summed E-state index contributed by atoms with van der Waals surface area (Å²) in [7, 11) is 0. The van der Waals surface area contributed by atoms with Crippen molar-refractivity contribution in [2.45, 2.75) is 12.8 Å². The van der Waals surface area contributed by atoms with Crippen LogP contribution in [0.4, 0.5) is 22.7 Å². The number of fused-ring (bicyclic) bond motifs is 8. The lowest BCUT2D eigenvalue weighted by Gasteiger charge is -2.34. The fourth-order valence-corrected chi connectivity index (χ4v) is 8.84. The second kappa shape index (κ2) is 11.9. The van der Waals surface area contributed by atoms with Gasteiger partial charge in [-0.05, 0) is 104 Å². The summed E-state index contributed by atoms with van der Waals surface area (Å²) < 4.78 is 0. The van der Waals surface area contributed by atoms with E-state index in [-0.39, 0.29) is 0 Å². The average Bonchev–Trinajstić information content (AvgIpc) is 3.21. The van der Waals surface area contributed by atoms with Crippen molar-refractivity contribution in [2.24, 2.45) is 4.99 Å². The molecule has 9 aromatic rings. The van der Waals surface area contributed by atoms with E-state index in [4.69, 9.17) is 4.99 Å². The SMILES string of the molecule is C1=C(c2cc3ccccc3c3ccccc23)C(c2ccc(N3c4ccc5ccccc5c4-c4cccc5cccc3c45)cc2)=Nc2ccccc2CC1. The van der Waals surface area contributed by atoms with Gasteiger partial charge in [0.15, 0.2) is 0 Å². The molecule has 0 saturated heterocycles. The van der Waals surface area contributed by atoms with Crippen molar-refractivity contribution < 1.29 is 0 Å². The van der Waals surface area contributed by atoms with Crippen molar-refractivity contribution in [2.75, 3.05) is 4.90 Å². The molecule has 53 heavy (non-hydrogen) atoms. The molecule has 0 spiro atoms. The number of rotatable bonds is 3. The second-order valence-corrected chi connectivity index (χ2v) is 14.2. The summed E-state index contributed by atoms with van der Waals surface area (Å²) in [5.41, 5.74) is 12.9. The van der Waals surface area contributed by atoms with Crippen molar-refractivity contribution in [3.05, 3.63) is 199 Å². The standard InChI is InChI=1S/C51H34N2/c1-5-19-40-33(12-1)28-31-48-50(40)44-23-10-16-35-17-11-25-47(49(35)44)53(48)38-29-26-36(27-30-38)51-43(22-9-15-34-13-3-8-24-46(34)52-51)45-32-37-14-2-4-18-39(37)41-20-6-7-21-42(41)45/h1-8,10-14,16-32H,9,15H2. The van der Waals surface area contributed by atoms with Gasteiger partial charge in [-0.25, -0.2) is 4.99 Å². The zero-order valence-corrected chi connectivity index (χ0v) is 29.1. The van der Waals surface area contributed by atoms with Gasteiger partial charge in [-0.1, -0.05) is 146 Å². The summed E-state index contributed by atoms with van der Waals surface area (Å²) in [6, 6.07) is 64.4. The fraction of sp³-hybridized carbons (Fsp3) is 0.0392. The van der Waals surface area contributed by atoms with E-state index in [0.717, 1.165) is 35.5 Å². The van der Waals surface area contributed by atoms with E-state index in [0.29, 0.717) is 0 Å². The third kappa shape index (κ3) is 4.69. The Kier molecular flexibility index (Phi) is 6.72. The third-order valence-corrected chi connectivity index (χ3v) is 11.2. The number of anilines is 3. The maximum absolute atomic E-state index is 5.52. The molecule has 0 unspecified atom stereocenters. The smallest absolute Gasteiger partial charge is 0.0784 e. The molecule has 2 aliphatic heterocycles. The highest BCUT2D eigenvalue weighted by atomic mass is 15.2. The van der Waals surface area contributed by atoms with Gasteiger partial charge in [0.2, 0.25) is 0 Å². The lowest BCUT2D eigenvalue weighted by molar-refractivity contribution is 0.999. The first-order chi connectivity index (χ1) is 26.3. The van der Waals surface area contributed by atoms with Crippen LogP contribution in [0.5, 0.6) is 0 Å². The molecule has 0 atom stereocenters. The van der Waals surface area contributed by atoms with Gasteiger partial charge < -0.3 is 4.90 Å². The summed E-state index contributed by atoms with van der Waals surface area (Å²) >= 11 is 0. The Bertz CT molecular complexity index is 3000. The summed E-state index contributed by atoms with van der Waals surface area (Å²) in [5.74, 6) is 0. The Labute approximate surface area is 308 Å². The maximum Gasteiger partial charge on any atom is 0.0784 e. The highest BCUT2D eigenvalue weighted by Gasteiger charge is 2.28. The summed E-state index contributed by atoms with van der Waals surface area (Å²) in [5, 5.41) is 10.1. The molecule has 0 saturated carbocycles. The van der Waals surface area contributed by atoms with E-state index in [9.17, 15) is 0 Å². The number of aryl methyl sites for hydroxylation is 1. The van der Waals surface area contributed by atoms with Gasteiger partial charge in [-0.3, -0.25) is 0 Å². The predicted molar refractivity (Wildman–Crippen MR) is 226 cm³/mol. The minimum Gasteiger partial charge on any atom is -0.309 e. The highest BCUT2D eigenvalue weighted by molar-refractivity contribution is 6.35. The number of para-hydroxylation sites is 1. The van der Waals surface area contributed by atoms with Gasteiger partial charge in [0.25, 0.3) is 0 Å².